The number of rotatable bonds is 3. The Morgan fingerprint density at radius 3 is 2.69 bits per heavy atom. The molecule has 0 amide bonds. The summed E-state index contributed by atoms with van der Waals surface area (Å²) < 4.78 is 0.650. The van der Waals surface area contributed by atoms with E-state index in [9.17, 15) is 9.90 Å². The third-order valence-electron chi connectivity index (χ3n) is 4.86. The lowest BCUT2D eigenvalue weighted by molar-refractivity contribution is 0.455. The fourth-order valence-electron chi connectivity index (χ4n) is 3.35. The van der Waals surface area contributed by atoms with Gasteiger partial charge in [-0.25, -0.2) is 4.98 Å². The number of nitrogens with two attached hydrogens (primary N) is 1. The molecule has 0 saturated heterocycles. The van der Waals surface area contributed by atoms with Crippen LogP contribution in [-0.4, -0.2) is 21.6 Å². The standard InChI is InChI=1S/C20H19N3O2S/c1-10(9-21)12-3-5-13(6-4-12)15-16-14-7-8-26-18(14)20(25)23-17(16)11(2)22-19(15)24/h3-8,10H,9,21H2,1-2H3,(H,22,24)(H,23,25). The number of aromatic amines is 1. The first-order chi connectivity index (χ1) is 12.5. The van der Waals surface area contributed by atoms with E-state index in [2.05, 4.69) is 16.9 Å². The summed E-state index contributed by atoms with van der Waals surface area (Å²) in [5.74, 6) is 0.236. The summed E-state index contributed by atoms with van der Waals surface area (Å²) in [5.41, 5.74) is 9.52. The van der Waals surface area contributed by atoms with Crippen LogP contribution in [0.25, 0.3) is 32.1 Å². The predicted octanol–water partition coefficient (Wildman–Crippen LogP) is 3.88. The fourth-order valence-corrected chi connectivity index (χ4v) is 4.15. The number of hydrogen-bond acceptors (Lipinski definition) is 5. The van der Waals surface area contributed by atoms with Crippen molar-refractivity contribution in [1.82, 2.24) is 9.97 Å². The lowest BCUT2D eigenvalue weighted by atomic mass is 9.95. The SMILES string of the molecule is Cc1nc(O)c(-c2ccc(C(C)CN)cc2)c2c1[nH]c(=O)c1sccc12. The molecule has 0 radical (unpaired) electrons. The third kappa shape index (κ3) is 2.50. The van der Waals surface area contributed by atoms with Gasteiger partial charge in [0.1, 0.15) is 4.70 Å². The molecule has 0 aliphatic rings. The lowest BCUT2D eigenvalue weighted by Crippen LogP contribution is -2.08. The van der Waals surface area contributed by atoms with Crippen molar-refractivity contribution in [3.05, 3.63) is 57.3 Å². The number of aromatic hydroxyl groups is 1. The highest BCUT2D eigenvalue weighted by atomic mass is 32.1. The van der Waals surface area contributed by atoms with Gasteiger partial charge in [-0.05, 0) is 42.0 Å². The fraction of sp³-hybridized carbons (Fsp3) is 0.200. The van der Waals surface area contributed by atoms with Crippen molar-refractivity contribution in [1.29, 1.82) is 0 Å². The molecule has 3 heterocycles. The summed E-state index contributed by atoms with van der Waals surface area (Å²) in [6.45, 7) is 4.44. The Hall–Kier alpha value is -2.70. The molecule has 26 heavy (non-hydrogen) atoms. The van der Waals surface area contributed by atoms with Crippen molar-refractivity contribution < 1.29 is 5.11 Å². The maximum Gasteiger partial charge on any atom is 0.266 e. The molecule has 4 aromatic rings. The minimum atomic E-state index is -0.129. The predicted molar refractivity (Wildman–Crippen MR) is 107 cm³/mol. The van der Waals surface area contributed by atoms with Crippen molar-refractivity contribution in [2.75, 3.05) is 6.54 Å². The van der Waals surface area contributed by atoms with Crippen LogP contribution in [0.15, 0.2) is 40.5 Å². The zero-order valence-corrected chi connectivity index (χ0v) is 15.4. The maximum atomic E-state index is 12.3. The number of nitrogens with one attached hydrogen (secondary N) is 1. The smallest absolute Gasteiger partial charge is 0.266 e. The van der Waals surface area contributed by atoms with E-state index in [4.69, 9.17) is 5.73 Å². The average Bonchev–Trinajstić information content (AvgIpc) is 3.13. The second-order valence-corrected chi connectivity index (χ2v) is 7.44. The van der Waals surface area contributed by atoms with E-state index < -0.39 is 0 Å². The molecular formula is C20H19N3O2S. The highest BCUT2D eigenvalue weighted by Crippen LogP contribution is 2.39. The van der Waals surface area contributed by atoms with E-state index in [1.807, 2.05) is 35.7 Å². The number of aromatic nitrogens is 2. The van der Waals surface area contributed by atoms with Gasteiger partial charge in [-0.3, -0.25) is 4.79 Å². The van der Waals surface area contributed by atoms with Crippen molar-refractivity contribution in [2.24, 2.45) is 5.73 Å². The molecule has 0 bridgehead atoms. The quantitative estimate of drug-likeness (QED) is 0.514. The van der Waals surface area contributed by atoms with E-state index >= 15 is 0 Å². The first kappa shape index (κ1) is 16.8. The first-order valence-electron chi connectivity index (χ1n) is 8.44. The van der Waals surface area contributed by atoms with Gasteiger partial charge in [-0.1, -0.05) is 31.2 Å². The number of thiophene rings is 1. The molecule has 1 aromatic carbocycles. The Morgan fingerprint density at radius 2 is 2.00 bits per heavy atom. The van der Waals surface area contributed by atoms with E-state index in [1.54, 1.807) is 6.92 Å². The Kier molecular flexibility index (Phi) is 4.01. The molecule has 1 atom stereocenters. The molecule has 0 saturated carbocycles. The molecule has 4 rings (SSSR count). The molecule has 1 unspecified atom stereocenters. The van der Waals surface area contributed by atoms with Gasteiger partial charge < -0.3 is 15.8 Å². The van der Waals surface area contributed by atoms with Crippen LogP contribution in [0.3, 0.4) is 0 Å². The Labute approximate surface area is 154 Å². The van der Waals surface area contributed by atoms with Gasteiger partial charge in [0, 0.05) is 10.8 Å². The minimum Gasteiger partial charge on any atom is -0.493 e. The van der Waals surface area contributed by atoms with Crippen molar-refractivity contribution in [3.63, 3.8) is 0 Å². The molecular weight excluding hydrogens is 346 g/mol. The molecule has 0 spiro atoms. The van der Waals surface area contributed by atoms with Gasteiger partial charge >= 0.3 is 0 Å². The summed E-state index contributed by atoms with van der Waals surface area (Å²) in [6.07, 6.45) is 0. The van der Waals surface area contributed by atoms with Gasteiger partial charge in [0.15, 0.2) is 0 Å². The zero-order valence-electron chi connectivity index (χ0n) is 14.5. The van der Waals surface area contributed by atoms with Gasteiger partial charge in [-0.2, -0.15) is 0 Å². The Balaban J connectivity index is 2.06. The van der Waals surface area contributed by atoms with Crippen LogP contribution in [0, 0.1) is 6.92 Å². The number of pyridine rings is 2. The van der Waals surface area contributed by atoms with E-state index in [0.29, 0.717) is 28.0 Å². The van der Waals surface area contributed by atoms with Crippen LogP contribution in [-0.2, 0) is 0 Å². The first-order valence-corrected chi connectivity index (χ1v) is 9.32. The van der Waals surface area contributed by atoms with Crippen LogP contribution in [0.2, 0.25) is 0 Å². The van der Waals surface area contributed by atoms with Crippen LogP contribution >= 0.6 is 11.3 Å². The zero-order chi connectivity index (χ0) is 18.4. The second kappa shape index (κ2) is 6.23. The van der Waals surface area contributed by atoms with Gasteiger partial charge in [0.05, 0.1) is 16.8 Å². The highest BCUT2D eigenvalue weighted by Gasteiger charge is 2.18. The second-order valence-electron chi connectivity index (χ2n) is 6.52. The number of H-pyrrole nitrogens is 1. The van der Waals surface area contributed by atoms with E-state index in [1.165, 1.54) is 11.3 Å². The van der Waals surface area contributed by atoms with Crippen molar-refractivity contribution in [2.45, 2.75) is 19.8 Å². The van der Waals surface area contributed by atoms with Crippen LogP contribution < -0.4 is 11.3 Å². The summed E-state index contributed by atoms with van der Waals surface area (Å²) in [5, 5.41) is 14.2. The number of nitrogens with zero attached hydrogens (tertiary/aromatic N) is 1. The Morgan fingerprint density at radius 1 is 1.27 bits per heavy atom. The monoisotopic (exact) mass is 365 g/mol. The molecule has 4 N–H and O–H groups in total. The van der Waals surface area contributed by atoms with E-state index in [-0.39, 0.29) is 17.4 Å². The summed E-state index contributed by atoms with van der Waals surface area (Å²) >= 11 is 1.39. The summed E-state index contributed by atoms with van der Waals surface area (Å²) in [6, 6.07) is 9.90. The van der Waals surface area contributed by atoms with Crippen LogP contribution in [0.4, 0.5) is 0 Å². The molecule has 132 valence electrons. The molecule has 0 fully saturated rings. The maximum absolute atomic E-state index is 12.3. The molecule has 5 nitrogen and oxygen atoms in total. The van der Waals surface area contributed by atoms with Gasteiger partial charge in [0.25, 0.3) is 5.56 Å². The van der Waals surface area contributed by atoms with Gasteiger partial charge in [-0.15, -0.1) is 11.3 Å². The minimum absolute atomic E-state index is 0.0332. The van der Waals surface area contributed by atoms with Gasteiger partial charge in [0.2, 0.25) is 5.88 Å². The van der Waals surface area contributed by atoms with E-state index in [0.717, 1.165) is 21.9 Å². The average molecular weight is 365 g/mol. The van der Waals surface area contributed by atoms with Crippen LogP contribution in [0.5, 0.6) is 5.88 Å². The molecule has 0 aliphatic carbocycles. The van der Waals surface area contributed by atoms with Crippen molar-refractivity contribution in [3.8, 4) is 17.0 Å². The number of aryl methyl sites for hydroxylation is 1. The third-order valence-corrected chi connectivity index (χ3v) is 5.77. The normalized spacial score (nSPS) is 12.7. The summed E-state index contributed by atoms with van der Waals surface area (Å²) in [4.78, 5) is 19.5. The molecule has 0 aliphatic heterocycles. The number of benzene rings is 1. The highest BCUT2D eigenvalue weighted by molar-refractivity contribution is 7.17. The largest absolute Gasteiger partial charge is 0.493 e. The van der Waals surface area contributed by atoms with Crippen LogP contribution in [0.1, 0.15) is 24.1 Å². The molecule has 3 aromatic heterocycles. The molecule has 6 heteroatoms. The number of fused-ring (bicyclic) bond motifs is 3. The Bertz CT molecular complexity index is 1180. The van der Waals surface area contributed by atoms with Crippen molar-refractivity contribution >= 4 is 32.3 Å². The lowest BCUT2D eigenvalue weighted by Gasteiger charge is -2.14. The summed E-state index contributed by atoms with van der Waals surface area (Å²) in [7, 11) is 0. The topological polar surface area (TPSA) is 92.0 Å². The number of hydrogen-bond donors (Lipinski definition) is 3.